The second kappa shape index (κ2) is 18.0. The van der Waals surface area contributed by atoms with Crippen LogP contribution < -0.4 is 20.9 Å². The number of aromatic nitrogens is 2. The van der Waals surface area contributed by atoms with E-state index >= 15 is 0 Å². The summed E-state index contributed by atoms with van der Waals surface area (Å²) in [4.78, 5) is 17.2. The molecule has 0 radical (unpaired) electrons. The molecule has 2 aromatic carbocycles. The van der Waals surface area contributed by atoms with E-state index in [2.05, 4.69) is 42.0 Å². The van der Waals surface area contributed by atoms with Gasteiger partial charge in [0.1, 0.15) is 23.7 Å². The molecule has 2 bridgehead atoms. The number of carbonyl (C=O) groups excluding carboxylic acids is 1. The highest BCUT2D eigenvalue weighted by Crippen LogP contribution is 2.51. The van der Waals surface area contributed by atoms with E-state index in [1.807, 2.05) is 42.1 Å². The second-order valence-electron chi connectivity index (χ2n) is 16.6. The number of hydrogen-bond donors (Lipinski definition) is 7. The van der Waals surface area contributed by atoms with Gasteiger partial charge in [0, 0.05) is 48.8 Å². The van der Waals surface area contributed by atoms with Crippen molar-refractivity contribution in [3.05, 3.63) is 76.7 Å². The van der Waals surface area contributed by atoms with Crippen LogP contribution in [0, 0.1) is 41.1 Å². The number of nitrogens with zero attached hydrogens (tertiary/aromatic N) is 1. The van der Waals surface area contributed by atoms with E-state index in [1.54, 1.807) is 6.07 Å². The van der Waals surface area contributed by atoms with Crippen LogP contribution in [0.1, 0.15) is 137 Å². The van der Waals surface area contributed by atoms with Crippen LogP contribution in [0.15, 0.2) is 48.9 Å². The molecule has 1 saturated carbocycles. The second-order valence-corrected chi connectivity index (χ2v) is 16.6. The average molecular weight is 791 g/mol. The van der Waals surface area contributed by atoms with Gasteiger partial charge in [0.05, 0.1) is 35.2 Å². The Balaban J connectivity index is 1.25. The van der Waals surface area contributed by atoms with Crippen molar-refractivity contribution in [2.45, 2.75) is 134 Å². The highest BCUT2D eigenvalue weighted by Gasteiger charge is 2.46. The molecule has 1 spiro atoms. The van der Waals surface area contributed by atoms with E-state index in [4.69, 9.17) is 20.9 Å². The van der Waals surface area contributed by atoms with Gasteiger partial charge in [-0.15, -0.1) is 0 Å². The van der Waals surface area contributed by atoms with E-state index in [0.29, 0.717) is 36.1 Å². The number of Topliss-reactive ketones (excluding diaryl/α,β-unsaturated/α-hetero) is 1. The zero-order valence-electron chi connectivity index (χ0n) is 33.7. The number of nitrogens with one attached hydrogen (secondary N) is 1. The fraction of sp³-hybridized carbons (Fsp3) is 0.511. The number of aromatic hydroxyl groups is 1. The number of fused-ring (bicyclic) bond motifs is 6. The van der Waals surface area contributed by atoms with Crippen LogP contribution in [-0.2, 0) is 17.6 Å². The smallest absolute Gasteiger partial charge is 0.191 e. The molecule has 2 aliphatic heterocycles. The summed E-state index contributed by atoms with van der Waals surface area (Å²) < 4.78 is 15.1. The highest BCUT2D eigenvalue weighted by molar-refractivity contribution is 5.83. The van der Waals surface area contributed by atoms with Crippen LogP contribution in [0.5, 0.6) is 17.2 Å². The number of ketones is 1. The van der Waals surface area contributed by atoms with Crippen molar-refractivity contribution in [1.29, 1.82) is 0 Å². The normalized spacial score (nSPS) is 20.9. The minimum Gasteiger partial charge on any atom is -0.508 e. The molecule has 6 atom stereocenters. The maximum absolute atomic E-state index is 13.8. The molecule has 11 heteroatoms. The number of rotatable bonds is 14. The van der Waals surface area contributed by atoms with Crippen molar-refractivity contribution in [2.75, 3.05) is 0 Å². The molecule has 9 N–H and O–H groups in total. The fourth-order valence-electron chi connectivity index (χ4n) is 9.18. The summed E-state index contributed by atoms with van der Waals surface area (Å²) in [6.45, 7) is 4.07. The standard InChI is InChI=1S/C47H58N4O7/c1-3-5-6-10-35(42(56)24-33(52)9-4-2)40(54)15-12-29-23-44-43(25-41(29)55)57-20-19-47(17-7-8-18-47)37-14-16-39(53)34-13-11-30(45(48)49)21-31(34)22-32-26-50-38-28-51(27-36(32)38)46(37)58-44/h11,13,21,23,25-28,33,35,37,39,42,45-46,50,52-53,55-56H,3-10,12,15,17-18,22,24,48-49H2,1-2H3. The van der Waals surface area contributed by atoms with Gasteiger partial charge in [-0.05, 0) is 72.4 Å². The molecule has 1 fully saturated rings. The van der Waals surface area contributed by atoms with Crippen molar-refractivity contribution < 1.29 is 34.7 Å². The molecule has 6 unspecified atom stereocenters. The zero-order chi connectivity index (χ0) is 41.0. The van der Waals surface area contributed by atoms with Gasteiger partial charge in [0.15, 0.2) is 17.7 Å². The predicted octanol–water partition coefficient (Wildman–Crippen LogP) is 6.95. The SMILES string of the molecule is CCCCCC(C(=O)CCc1cc2c(cc1O)OC#CC1(CCCC1)C1C#CC(O)c3ccc(C(N)N)cc3Cc3c[nH]c4cn(cc34)C1O2)C(O)CC(O)CCC. The molecular formula is C47H58N4O7. The number of aliphatic hydroxyl groups is 3. The molecule has 4 aromatic rings. The summed E-state index contributed by atoms with van der Waals surface area (Å²) in [6, 6.07) is 8.84. The van der Waals surface area contributed by atoms with Gasteiger partial charge in [0.2, 0.25) is 0 Å². The number of nitrogens with two attached hydrogens (primary N) is 2. The molecule has 0 amide bonds. The molecule has 0 saturated heterocycles. The van der Waals surface area contributed by atoms with Gasteiger partial charge in [-0.2, -0.15) is 0 Å². The number of hydrogen-bond acceptors (Lipinski definition) is 9. The van der Waals surface area contributed by atoms with Crippen LogP contribution in [0.25, 0.3) is 10.9 Å². The van der Waals surface area contributed by atoms with Gasteiger partial charge >= 0.3 is 0 Å². The van der Waals surface area contributed by atoms with Crippen molar-refractivity contribution in [2.24, 2.45) is 28.7 Å². The van der Waals surface area contributed by atoms with Crippen molar-refractivity contribution in [3.8, 4) is 41.1 Å². The first-order chi connectivity index (χ1) is 28.0. The first kappa shape index (κ1) is 41.4. The minimum absolute atomic E-state index is 0.0530. The average Bonchev–Trinajstić information content (AvgIpc) is 3.94. The number of benzene rings is 2. The Bertz CT molecular complexity index is 2210. The molecule has 3 aliphatic rings. The molecular weight excluding hydrogens is 733 g/mol. The molecule has 7 rings (SSSR count). The third-order valence-corrected chi connectivity index (χ3v) is 12.5. The lowest BCUT2D eigenvalue weighted by molar-refractivity contribution is -0.127. The number of phenolic OH excluding ortho intramolecular Hbond substituents is 1. The summed E-state index contributed by atoms with van der Waals surface area (Å²) in [6.07, 6.45) is 13.9. The van der Waals surface area contributed by atoms with Crippen LogP contribution in [0.2, 0.25) is 0 Å². The van der Waals surface area contributed by atoms with Crippen LogP contribution in [0.4, 0.5) is 0 Å². The zero-order valence-corrected chi connectivity index (χ0v) is 33.7. The predicted molar refractivity (Wildman–Crippen MR) is 222 cm³/mol. The molecule has 11 nitrogen and oxygen atoms in total. The lowest BCUT2D eigenvalue weighted by Gasteiger charge is -2.35. The number of phenols is 1. The number of aliphatic hydroxyl groups excluding tert-OH is 3. The third-order valence-electron chi connectivity index (χ3n) is 12.5. The van der Waals surface area contributed by atoms with Gasteiger partial charge < -0.3 is 50.9 Å². The molecule has 308 valence electrons. The molecule has 2 aromatic heterocycles. The quantitative estimate of drug-likeness (QED) is 0.0403. The number of unbranched alkanes of at least 4 members (excludes halogenated alkanes) is 2. The first-order valence-corrected chi connectivity index (χ1v) is 21.1. The number of aryl methyl sites for hydroxylation is 1. The van der Waals surface area contributed by atoms with Gasteiger partial charge in [-0.3, -0.25) is 4.79 Å². The maximum Gasteiger partial charge on any atom is 0.191 e. The fourth-order valence-corrected chi connectivity index (χ4v) is 9.18. The maximum atomic E-state index is 13.8. The van der Waals surface area contributed by atoms with Crippen molar-refractivity contribution in [1.82, 2.24) is 9.55 Å². The molecule has 1 aliphatic carbocycles. The third kappa shape index (κ3) is 8.80. The molecule has 4 heterocycles. The Hall–Kier alpha value is -4.75. The van der Waals surface area contributed by atoms with Crippen LogP contribution in [-0.4, -0.2) is 48.0 Å². The minimum atomic E-state index is -1.11. The summed E-state index contributed by atoms with van der Waals surface area (Å²) in [5.41, 5.74) is 16.3. The first-order valence-electron chi connectivity index (χ1n) is 21.1. The van der Waals surface area contributed by atoms with Gasteiger partial charge in [-0.1, -0.05) is 88.3 Å². The summed E-state index contributed by atoms with van der Waals surface area (Å²) >= 11 is 0. The molecule has 58 heavy (non-hydrogen) atoms. The van der Waals surface area contributed by atoms with Gasteiger partial charge in [0.25, 0.3) is 0 Å². The Morgan fingerprint density at radius 2 is 1.83 bits per heavy atom. The Morgan fingerprint density at radius 3 is 2.59 bits per heavy atom. The summed E-state index contributed by atoms with van der Waals surface area (Å²) in [5.74, 6) is 9.43. The van der Waals surface area contributed by atoms with Crippen LogP contribution >= 0.6 is 0 Å². The van der Waals surface area contributed by atoms with E-state index in [9.17, 15) is 25.2 Å². The Morgan fingerprint density at radius 1 is 1.02 bits per heavy atom. The summed E-state index contributed by atoms with van der Waals surface area (Å²) in [5, 5.41) is 45.6. The highest BCUT2D eigenvalue weighted by atomic mass is 16.5. The number of carbonyl (C=O) groups is 1. The van der Waals surface area contributed by atoms with Gasteiger partial charge in [-0.25, -0.2) is 0 Å². The number of aromatic amines is 1. The Kier molecular flexibility index (Phi) is 12.9. The topological polar surface area (TPSA) is 189 Å². The summed E-state index contributed by atoms with van der Waals surface area (Å²) in [7, 11) is 0. The Labute approximate surface area is 341 Å². The van der Waals surface area contributed by atoms with E-state index in [-0.39, 0.29) is 36.5 Å². The lowest BCUT2D eigenvalue weighted by atomic mass is 9.73. The lowest BCUT2D eigenvalue weighted by Crippen LogP contribution is -2.35. The monoisotopic (exact) mass is 790 g/mol. The largest absolute Gasteiger partial charge is 0.508 e. The van der Waals surface area contributed by atoms with Crippen molar-refractivity contribution >= 4 is 16.7 Å². The van der Waals surface area contributed by atoms with Crippen LogP contribution in [0.3, 0.4) is 0 Å². The number of ether oxygens (including phenoxy) is 2. The number of H-pyrrole nitrogens is 1. The van der Waals surface area contributed by atoms with E-state index in [0.717, 1.165) is 79.0 Å². The van der Waals surface area contributed by atoms with E-state index in [1.165, 1.54) is 6.07 Å². The van der Waals surface area contributed by atoms with E-state index < -0.39 is 48.0 Å². The van der Waals surface area contributed by atoms with Crippen molar-refractivity contribution in [3.63, 3.8) is 0 Å².